The van der Waals surface area contributed by atoms with Gasteiger partial charge in [0.2, 0.25) is 0 Å². The van der Waals surface area contributed by atoms with Gasteiger partial charge in [-0.15, -0.1) is 0 Å². The number of benzene rings is 1. The minimum atomic E-state index is 0.112. The summed E-state index contributed by atoms with van der Waals surface area (Å²) in [6.45, 7) is 7.37. The van der Waals surface area contributed by atoms with Crippen molar-refractivity contribution in [1.29, 1.82) is 0 Å². The first-order valence-corrected chi connectivity index (χ1v) is 6.85. The molecular weight excluding hydrogens is 234 g/mol. The number of nitrogens with one attached hydrogen (secondary N) is 2. The van der Waals surface area contributed by atoms with Gasteiger partial charge in [0, 0.05) is 17.8 Å². The van der Waals surface area contributed by atoms with E-state index in [1.807, 2.05) is 0 Å². The van der Waals surface area contributed by atoms with Crippen molar-refractivity contribution in [2.24, 2.45) is 0 Å². The van der Waals surface area contributed by atoms with E-state index in [2.05, 4.69) is 66.4 Å². The van der Waals surface area contributed by atoms with Crippen LogP contribution < -0.4 is 5.32 Å². The van der Waals surface area contributed by atoms with Gasteiger partial charge in [0.15, 0.2) is 0 Å². The van der Waals surface area contributed by atoms with Crippen LogP contribution in [-0.2, 0) is 13.0 Å². The second-order valence-corrected chi connectivity index (χ2v) is 5.70. The molecule has 0 aliphatic carbocycles. The third-order valence-electron chi connectivity index (χ3n) is 3.55. The van der Waals surface area contributed by atoms with Gasteiger partial charge in [-0.2, -0.15) is 0 Å². The van der Waals surface area contributed by atoms with Crippen molar-refractivity contribution in [2.45, 2.75) is 45.7 Å². The number of aromatic amines is 1. The molecule has 0 radical (unpaired) electrons. The van der Waals surface area contributed by atoms with Crippen molar-refractivity contribution in [2.75, 3.05) is 0 Å². The Labute approximate surface area is 115 Å². The molecule has 19 heavy (non-hydrogen) atoms. The molecule has 1 aromatic carbocycles. The van der Waals surface area contributed by atoms with Gasteiger partial charge in [0.25, 0.3) is 0 Å². The summed E-state index contributed by atoms with van der Waals surface area (Å²) in [5.41, 5.74) is 3.76. The maximum Gasteiger partial charge on any atom is 0.0925 e. The smallest absolute Gasteiger partial charge is 0.0925 e. The summed E-state index contributed by atoms with van der Waals surface area (Å²) in [6, 6.07) is 10.6. The molecule has 0 aliphatic rings. The summed E-state index contributed by atoms with van der Waals surface area (Å²) in [7, 11) is 0. The van der Waals surface area contributed by atoms with Crippen molar-refractivity contribution < 1.29 is 0 Å². The largest absolute Gasteiger partial charge is 0.348 e. The van der Waals surface area contributed by atoms with Crippen LogP contribution in [0.2, 0.25) is 0 Å². The van der Waals surface area contributed by atoms with Gasteiger partial charge in [0.05, 0.1) is 12.0 Å². The third kappa shape index (κ3) is 4.21. The zero-order valence-electron chi connectivity index (χ0n) is 12.0. The molecule has 0 aliphatic heterocycles. The van der Waals surface area contributed by atoms with Crippen molar-refractivity contribution in [3.8, 4) is 0 Å². The molecule has 3 nitrogen and oxygen atoms in total. The number of aromatic nitrogens is 2. The van der Waals surface area contributed by atoms with Crippen molar-refractivity contribution in [3.63, 3.8) is 0 Å². The molecule has 2 rings (SSSR count). The number of imidazole rings is 1. The van der Waals surface area contributed by atoms with Crippen LogP contribution >= 0.6 is 0 Å². The number of hydrogen-bond acceptors (Lipinski definition) is 2. The summed E-state index contributed by atoms with van der Waals surface area (Å²) in [4.78, 5) is 7.43. The van der Waals surface area contributed by atoms with Crippen molar-refractivity contribution in [1.82, 2.24) is 15.3 Å². The Morgan fingerprint density at radius 3 is 2.58 bits per heavy atom. The lowest BCUT2D eigenvalue weighted by molar-refractivity contribution is 0.358. The second kappa shape index (κ2) is 6.02. The fourth-order valence-electron chi connectivity index (χ4n) is 2.08. The van der Waals surface area contributed by atoms with E-state index < -0.39 is 0 Å². The molecule has 0 saturated heterocycles. The topological polar surface area (TPSA) is 40.7 Å². The Bertz CT molecular complexity index is 500. The van der Waals surface area contributed by atoms with Crippen LogP contribution in [0.3, 0.4) is 0 Å². The lowest BCUT2D eigenvalue weighted by atomic mass is 9.95. The van der Waals surface area contributed by atoms with Gasteiger partial charge < -0.3 is 10.3 Å². The SMILES string of the molecule is Cc1[nH]cnc1CNC(C)(C)CCc1ccccc1. The predicted molar refractivity (Wildman–Crippen MR) is 79.0 cm³/mol. The van der Waals surface area contributed by atoms with Crippen LogP contribution in [-0.4, -0.2) is 15.5 Å². The normalized spacial score (nSPS) is 11.7. The van der Waals surface area contributed by atoms with E-state index in [0.29, 0.717) is 0 Å². The molecule has 2 N–H and O–H groups in total. The molecule has 0 atom stereocenters. The maximum absolute atomic E-state index is 4.32. The van der Waals surface area contributed by atoms with E-state index >= 15 is 0 Å². The fourth-order valence-corrected chi connectivity index (χ4v) is 2.08. The van der Waals surface area contributed by atoms with E-state index in [0.717, 1.165) is 30.8 Å². The standard InChI is InChI=1S/C16H23N3/c1-13-15(18-12-17-13)11-19-16(2,3)10-9-14-7-5-4-6-8-14/h4-8,12,19H,9-11H2,1-3H3,(H,17,18). The molecule has 0 amide bonds. The molecule has 102 valence electrons. The van der Waals surface area contributed by atoms with Gasteiger partial charge in [-0.3, -0.25) is 0 Å². The Kier molecular flexibility index (Phi) is 4.38. The van der Waals surface area contributed by atoms with E-state index in [1.165, 1.54) is 5.56 Å². The van der Waals surface area contributed by atoms with Gasteiger partial charge in [-0.25, -0.2) is 4.98 Å². The van der Waals surface area contributed by atoms with E-state index in [4.69, 9.17) is 0 Å². The quantitative estimate of drug-likeness (QED) is 0.834. The first kappa shape index (κ1) is 13.8. The Morgan fingerprint density at radius 1 is 1.21 bits per heavy atom. The number of H-pyrrole nitrogens is 1. The first-order valence-electron chi connectivity index (χ1n) is 6.85. The van der Waals surface area contributed by atoms with E-state index in [1.54, 1.807) is 6.33 Å². The number of rotatable bonds is 6. The maximum atomic E-state index is 4.32. The van der Waals surface area contributed by atoms with Crippen molar-refractivity contribution in [3.05, 3.63) is 53.6 Å². The fraction of sp³-hybridized carbons (Fsp3) is 0.438. The molecule has 3 heteroatoms. The first-order chi connectivity index (χ1) is 9.07. The number of aryl methyl sites for hydroxylation is 2. The van der Waals surface area contributed by atoms with E-state index in [9.17, 15) is 0 Å². The number of nitrogens with zero attached hydrogens (tertiary/aromatic N) is 1. The number of hydrogen-bond donors (Lipinski definition) is 2. The predicted octanol–water partition coefficient (Wildman–Crippen LogP) is 3.22. The molecular formula is C16H23N3. The molecule has 0 bridgehead atoms. The van der Waals surface area contributed by atoms with Crippen LogP contribution in [0.15, 0.2) is 36.7 Å². The highest BCUT2D eigenvalue weighted by Gasteiger charge is 2.17. The summed E-state index contributed by atoms with van der Waals surface area (Å²) >= 11 is 0. The summed E-state index contributed by atoms with van der Waals surface area (Å²) < 4.78 is 0. The molecule has 0 fully saturated rings. The lowest BCUT2D eigenvalue weighted by Crippen LogP contribution is -2.39. The molecule has 0 saturated carbocycles. The second-order valence-electron chi connectivity index (χ2n) is 5.70. The Hall–Kier alpha value is -1.61. The van der Waals surface area contributed by atoms with Gasteiger partial charge in [-0.1, -0.05) is 30.3 Å². The average Bonchev–Trinajstić information content (AvgIpc) is 2.81. The van der Waals surface area contributed by atoms with E-state index in [-0.39, 0.29) is 5.54 Å². The molecule has 1 aromatic heterocycles. The summed E-state index contributed by atoms with van der Waals surface area (Å²) in [5, 5.41) is 3.59. The van der Waals surface area contributed by atoms with Crippen LogP contribution in [0.4, 0.5) is 0 Å². The third-order valence-corrected chi connectivity index (χ3v) is 3.55. The van der Waals surface area contributed by atoms with Gasteiger partial charge in [0.1, 0.15) is 0 Å². The Balaban J connectivity index is 1.83. The Morgan fingerprint density at radius 2 is 1.95 bits per heavy atom. The van der Waals surface area contributed by atoms with Crippen LogP contribution in [0, 0.1) is 6.92 Å². The average molecular weight is 257 g/mol. The highest BCUT2D eigenvalue weighted by atomic mass is 15.0. The minimum Gasteiger partial charge on any atom is -0.348 e. The van der Waals surface area contributed by atoms with Gasteiger partial charge in [-0.05, 0) is 39.2 Å². The minimum absolute atomic E-state index is 0.112. The molecule has 1 heterocycles. The van der Waals surface area contributed by atoms with Gasteiger partial charge >= 0.3 is 0 Å². The molecule has 0 spiro atoms. The summed E-state index contributed by atoms with van der Waals surface area (Å²) in [5.74, 6) is 0. The van der Waals surface area contributed by atoms with Crippen LogP contribution in [0.1, 0.15) is 37.2 Å². The van der Waals surface area contributed by atoms with Crippen molar-refractivity contribution >= 4 is 0 Å². The van der Waals surface area contributed by atoms with Crippen LogP contribution in [0.25, 0.3) is 0 Å². The molecule has 2 aromatic rings. The molecule has 0 unspecified atom stereocenters. The van der Waals surface area contributed by atoms with Crippen LogP contribution in [0.5, 0.6) is 0 Å². The highest BCUT2D eigenvalue weighted by Crippen LogP contribution is 2.14. The lowest BCUT2D eigenvalue weighted by Gasteiger charge is -2.26. The zero-order chi connectivity index (χ0) is 13.7. The summed E-state index contributed by atoms with van der Waals surface area (Å²) in [6.07, 6.45) is 3.96. The zero-order valence-corrected chi connectivity index (χ0v) is 12.0. The monoisotopic (exact) mass is 257 g/mol. The highest BCUT2D eigenvalue weighted by molar-refractivity contribution is 5.15.